The predicted octanol–water partition coefficient (Wildman–Crippen LogP) is 4.52. The van der Waals surface area contributed by atoms with Crippen LogP contribution in [0.5, 0.6) is 5.75 Å². The quantitative estimate of drug-likeness (QED) is 0.550. The summed E-state index contributed by atoms with van der Waals surface area (Å²) in [5, 5.41) is 12.4. The van der Waals surface area contributed by atoms with E-state index in [1.165, 1.54) is 6.92 Å². The van der Waals surface area contributed by atoms with Gasteiger partial charge in [0.1, 0.15) is 12.4 Å². The van der Waals surface area contributed by atoms with Gasteiger partial charge in [-0.3, -0.25) is 9.69 Å². The number of carbonyl (C=O) groups is 1. The molecule has 1 unspecified atom stereocenters. The molecule has 2 aromatic carbocycles. The molecule has 0 aliphatic heterocycles. The molecule has 0 amide bonds. The lowest BCUT2D eigenvalue weighted by molar-refractivity contribution is -0.141. The van der Waals surface area contributed by atoms with Gasteiger partial charge >= 0.3 is 5.97 Å². The Morgan fingerprint density at radius 1 is 1.13 bits per heavy atom. The average Bonchev–Trinajstić information content (AvgIpc) is 2.75. The van der Waals surface area contributed by atoms with Gasteiger partial charge in [-0.15, -0.1) is 0 Å². The van der Waals surface area contributed by atoms with E-state index in [2.05, 4.69) is 42.3 Å². The van der Waals surface area contributed by atoms with Crippen molar-refractivity contribution in [3.8, 4) is 11.8 Å². The molecule has 2 aromatic rings. The van der Waals surface area contributed by atoms with E-state index >= 15 is 0 Å². The molecule has 0 aromatic heterocycles. The lowest BCUT2D eigenvalue weighted by Gasteiger charge is -2.23. The molecule has 1 N–H and O–H groups in total. The molecule has 160 valence electrons. The van der Waals surface area contributed by atoms with E-state index in [1.807, 2.05) is 25.1 Å². The van der Waals surface area contributed by atoms with Gasteiger partial charge in [-0.1, -0.05) is 19.9 Å². The first-order valence-electron chi connectivity index (χ1n) is 10.4. The van der Waals surface area contributed by atoms with Crippen LogP contribution in [0, 0.1) is 11.3 Å². The Labute approximate surface area is 179 Å². The molecule has 0 fully saturated rings. The fourth-order valence-corrected chi connectivity index (χ4v) is 3.20. The van der Waals surface area contributed by atoms with Crippen molar-refractivity contribution in [2.24, 2.45) is 0 Å². The molecule has 0 saturated carbocycles. The summed E-state index contributed by atoms with van der Waals surface area (Å²) in [7, 11) is 0. The van der Waals surface area contributed by atoms with Crippen molar-refractivity contribution in [3.63, 3.8) is 0 Å². The number of nitrogens with zero attached hydrogens (tertiary/aromatic N) is 2. The summed E-state index contributed by atoms with van der Waals surface area (Å²) >= 11 is 0. The van der Waals surface area contributed by atoms with E-state index in [9.17, 15) is 4.79 Å². The molecule has 0 saturated heterocycles. The van der Waals surface area contributed by atoms with Crippen molar-refractivity contribution >= 4 is 11.7 Å². The van der Waals surface area contributed by atoms with Gasteiger partial charge in [-0.05, 0) is 67.5 Å². The van der Waals surface area contributed by atoms with Crippen molar-refractivity contribution < 1.29 is 14.3 Å². The summed E-state index contributed by atoms with van der Waals surface area (Å²) in [6.07, 6.45) is 0. The van der Waals surface area contributed by atoms with Crippen molar-refractivity contribution in [1.29, 1.82) is 5.26 Å². The smallest absolute Gasteiger partial charge is 0.302 e. The monoisotopic (exact) mass is 409 g/mol. The van der Waals surface area contributed by atoms with E-state index in [1.54, 1.807) is 12.1 Å². The first-order valence-corrected chi connectivity index (χ1v) is 10.4. The van der Waals surface area contributed by atoms with Gasteiger partial charge < -0.3 is 14.8 Å². The summed E-state index contributed by atoms with van der Waals surface area (Å²) in [5.74, 6) is 0.470. The Hall–Kier alpha value is -3.04. The largest absolute Gasteiger partial charge is 0.494 e. The van der Waals surface area contributed by atoms with Gasteiger partial charge in [-0.25, -0.2) is 0 Å². The first-order chi connectivity index (χ1) is 14.5. The highest BCUT2D eigenvalue weighted by Gasteiger charge is 2.17. The molecule has 1 atom stereocenters. The molecule has 0 heterocycles. The van der Waals surface area contributed by atoms with Crippen LogP contribution in [0.15, 0.2) is 42.5 Å². The van der Waals surface area contributed by atoms with E-state index < -0.39 is 0 Å². The number of benzene rings is 2. The summed E-state index contributed by atoms with van der Waals surface area (Å²) in [5.41, 5.74) is 3.57. The summed E-state index contributed by atoms with van der Waals surface area (Å²) in [6, 6.07) is 15.3. The van der Waals surface area contributed by atoms with Crippen LogP contribution in [0.2, 0.25) is 0 Å². The summed E-state index contributed by atoms with van der Waals surface area (Å²) in [6.45, 7) is 11.2. The van der Waals surface area contributed by atoms with Gasteiger partial charge in [0.15, 0.2) is 0 Å². The second-order valence-corrected chi connectivity index (χ2v) is 6.99. The van der Waals surface area contributed by atoms with Crippen LogP contribution >= 0.6 is 0 Å². The van der Waals surface area contributed by atoms with Gasteiger partial charge in [0, 0.05) is 19.2 Å². The van der Waals surface area contributed by atoms with Crippen LogP contribution in [0.1, 0.15) is 50.4 Å². The third kappa shape index (κ3) is 7.09. The molecule has 0 aliphatic carbocycles. The summed E-state index contributed by atoms with van der Waals surface area (Å²) < 4.78 is 11.1. The minimum Gasteiger partial charge on any atom is -0.494 e. The van der Waals surface area contributed by atoms with Crippen molar-refractivity contribution in [3.05, 3.63) is 59.2 Å². The molecule has 0 radical (unpaired) electrons. The van der Waals surface area contributed by atoms with Crippen molar-refractivity contribution in [1.82, 2.24) is 4.90 Å². The van der Waals surface area contributed by atoms with Gasteiger partial charge in [0.25, 0.3) is 0 Å². The molecule has 6 heteroatoms. The molecular formula is C24H31N3O3. The lowest BCUT2D eigenvalue weighted by Crippen LogP contribution is -2.23. The number of rotatable bonds is 11. The first kappa shape index (κ1) is 23.2. The maximum Gasteiger partial charge on any atom is 0.302 e. The second-order valence-electron chi connectivity index (χ2n) is 6.99. The van der Waals surface area contributed by atoms with E-state index in [0.717, 1.165) is 42.2 Å². The average molecular weight is 410 g/mol. The van der Waals surface area contributed by atoms with Crippen LogP contribution in [0.25, 0.3) is 0 Å². The van der Waals surface area contributed by atoms with Crippen LogP contribution in [-0.4, -0.2) is 37.2 Å². The second kappa shape index (κ2) is 11.8. The Morgan fingerprint density at radius 2 is 1.83 bits per heavy atom. The fraction of sp³-hybridized carbons (Fsp3) is 0.417. The molecule has 30 heavy (non-hydrogen) atoms. The third-order valence-corrected chi connectivity index (χ3v) is 4.81. The van der Waals surface area contributed by atoms with Gasteiger partial charge in [0.05, 0.1) is 24.3 Å². The Kier molecular flexibility index (Phi) is 9.17. The van der Waals surface area contributed by atoms with Gasteiger partial charge in [0.2, 0.25) is 0 Å². The Balaban J connectivity index is 2.36. The number of hydrogen-bond donors (Lipinski definition) is 1. The highest BCUT2D eigenvalue weighted by Crippen LogP contribution is 2.27. The number of anilines is 1. The number of nitriles is 1. The van der Waals surface area contributed by atoms with Crippen molar-refractivity contribution in [2.45, 2.75) is 40.3 Å². The molecule has 0 spiro atoms. The van der Waals surface area contributed by atoms with Crippen LogP contribution < -0.4 is 10.1 Å². The zero-order valence-corrected chi connectivity index (χ0v) is 18.3. The highest BCUT2D eigenvalue weighted by atomic mass is 16.5. The van der Waals surface area contributed by atoms with E-state index in [-0.39, 0.29) is 18.6 Å². The number of hydrogen-bond acceptors (Lipinski definition) is 6. The zero-order chi connectivity index (χ0) is 21.9. The minimum absolute atomic E-state index is 0.190. The summed E-state index contributed by atoms with van der Waals surface area (Å²) in [4.78, 5) is 13.8. The van der Waals surface area contributed by atoms with Crippen LogP contribution in [-0.2, 0) is 16.1 Å². The number of nitrogens with one attached hydrogen (secondary N) is 1. The maximum absolute atomic E-state index is 11.5. The predicted molar refractivity (Wildman–Crippen MR) is 118 cm³/mol. The van der Waals surface area contributed by atoms with Crippen molar-refractivity contribution in [2.75, 3.05) is 31.6 Å². The minimum atomic E-state index is -0.328. The number of esters is 1. The number of carbonyl (C=O) groups excluding carboxylic acids is 1. The van der Waals surface area contributed by atoms with E-state index in [4.69, 9.17) is 14.7 Å². The third-order valence-electron chi connectivity index (χ3n) is 4.81. The SMILES string of the molecule is CCOc1cc(CN(CC)CC)cc(C(COC(C)=O)Nc2ccc(C#N)cc2)c1. The van der Waals surface area contributed by atoms with Crippen LogP contribution in [0.4, 0.5) is 5.69 Å². The Bertz CT molecular complexity index is 855. The molecule has 0 bridgehead atoms. The fourth-order valence-electron chi connectivity index (χ4n) is 3.20. The van der Waals surface area contributed by atoms with Gasteiger partial charge in [-0.2, -0.15) is 5.26 Å². The Morgan fingerprint density at radius 3 is 2.40 bits per heavy atom. The standard InChI is InChI=1S/C24H31N3O3/c1-5-27(6-2)16-20-12-21(14-23(13-20)29-7-3)24(17-30-18(4)28)26-22-10-8-19(15-25)9-11-22/h8-14,24,26H,5-7,16-17H2,1-4H3. The zero-order valence-electron chi connectivity index (χ0n) is 18.3. The van der Waals surface area contributed by atoms with Crippen LogP contribution in [0.3, 0.4) is 0 Å². The molecule has 6 nitrogen and oxygen atoms in total. The lowest BCUT2D eigenvalue weighted by atomic mass is 10.0. The molecule has 0 aliphatic rings. The maximum atomic E-state index is 11.5. The topological polar surface area (TPSA) is 74.6 Å². The highest BCUT2D eigenvalue weighted by molar-refractivity contribution is 5.66. The number of ether oxygens (including phenoxy) is 2. The molecular weight excluding hydrogens is 378 g/mol. The van der Waals surface area contributed by atoms with E-state index in [0.29, 0.717) is 12.2 Å². The normalized spacial score (nSPS) is 11.6. The molecule has 2 rings (SSSR count).